The lowest BCUT2D eigenvalue weighted by Crippen LogP contribution is -2.38. The van der Waals surface area contributed by atoms with Crippen molar-refractivity contribution in [2.45, 2.75) is 26.3 Å². The number of hydrogen-bond acceptors (Lipinski definition) is 9. The van der Waals surface area contributed by atoms with E-state index in [4.69, 9.17) is 4.98 Å². The average Bonchev–Trinajstić information content (AvgIpc) is 3.28. The molecule has 0 bridgehead atoms. The van der Waals surface area contributed by atoms with Crippen LogP contribution in [0.2, 0.25) is 0 Å². The van der Waals surface area contributed by atoms with Crippen LogP contribution >= 0.6 is 11.8 Å². The topological polar surface area (TPSA) is 113 Å². The Labute approximate surface area is 236 Å². The van der Waals surface area contributed by atoms with Gasteiger partial charge < -0.3 is 10.2 Å². The largest absolute Gasteiger partial charge is 0.341 e. The Morgan fingerprint density at radius 3 is 2.77 bits per heavy atom. The minimum atomic E-state index is -0.383. The van der Waals surface area contributed by atoms with Crippen LogP contribution in [0.25, 0.3) is 28.1 Å². The van der Waals surface area contributed by atoms with Gasteiger partial charge in [0.2, 0.25) is 5.95 Å². The van der Waals surface area contributed by atoms with Gasteiger partial charge in [0.1, 0.15) is 0 Å². The minimum Gasteiger partial charge on any atom is -0.341 e. The first-order valence-electron chi connectivity index (χ1n) is 13.4. The van der Waals surface area contributed by atoms with Crippen LogP contribution < -0.4 is 15.5 Å². The van der Waals surface area contributed by atoms with Crippen LogP contribution in [-0.4, -0.2) is 50.7 Å². The third-order valence-electron chi connectivity index (χ3n) is 7.19. The van der Waals surface area contributed by atoms with E-state index in [-0.39, 0.29) is 11.1 Å². The van der Waals surface area contributed by atoms with E-state index in [1.165, 1.54) is 5.56 Å². The van der Waals surface area contributed by atoms with Crippen molar-refractivity contribution in [3.8, 4) is 11.3 Å². The standard InChI is InChI=1S/C30H29N7O2S/c1-19-12-23(34-26(13-19)25-18-32-16-21-4-2-3-5-24(21)25)17-31-15-20-7-10-37(11-8-20)29-33-9-6-22(35-29)14-27-28(38)36-30(39)40-27/h2-6,9,12-14,16,18,20,31H,7-8,10-11,15,17H2,1H3,(H,36,38,39). The van der Waals surface area contributed by atoms with Crippen molar-refractivity contribution in [2.24, 2.45) is 5.92 Å². The second kappa shape index (κ2) is 11.5. The fourth-order valence-corrected chi connectivity index (χ4v) is 5.85. The molecule has 9 nitrogen and oxygen atoms in total. The summed E-state index contributed by atoms with van der Waals surface area (Å²) in [5.41, 5.74) is 4.82. The third kappa shape index (κ3) is 5.88. The molecule has 2 fully saturated rings. The number of hydrogen-bond donors (Lipinski definition) is 2. The summed E-state index contributed by atoms with van der Waals surface area (Å²) < 4.78 is 0. The normalized spacial score (nSPS) is 17.1. The van der Waals surface area contributed by atoms with Crippen molar-refractivity contribution in [1.82, 2.24) is 30.6 Å². The zero-order valence-electron chi connectivity index (χ0n) is 22.1. The van der Waals surface area contributed by atoms with Crippen molar-refractivity contribution in [2.75, 3.05) is 24.5 Å². The van der Waals surface area contributed by atoms with Gasteiger partial charge in [-0.25, -0.2) is 9.97 Å². The second-order valence-electron chi connectivity index (χ2n) is 10.1. The summed E-state index contributed by atoms with van der Waals surface area (Å²) in [6.07, 6.45) is 9.18. The number of pyridine rings is 2. The zero-order valence-corrected chi connectivity index (χ0v) is 22.9. The number of aromatic nitrogens is 4. The number of aryl methyl sites for hydroxylation is 1. The lowest BCUT2D eigenvalue weighted by molar-refractivity contribution is -0.115. The Bertz CT molecular complexity index is 1610. The number of piperidine rings is 1. The van der Waals surface area contributed by atoms with Gasteiger partial charge in [-0.3, -0.25) is 24.9 Å². The Morgan fingerprint density at radius 2 is 1.95 bits per heavy atom. The predicted molar refractivity (Wildman–Crippen MR) is 157 cm³/mol. The first-order chi connectivity index (χ1) is 19.5. The van der Waals surface area contributed by atoms with Gasteiger partial charge in [-0.05, 0) is 79.2 Å². The molecule has 2 amide bonds. The smallest absolute Gasteiger partial charge is 0.290 e. The number of nitrogens with one attached hydrogen (secondary N) is 2. The van der Waals surface area contributed by atoms with Gasteiger partial charge in [0.25, 0.3) is 11.1 Å². The first-order valence-corrected chi connectivity index (χ1v) is 14.2. The summed E-state index contributed by atoms with van der Waals surface area (Å²) in [5.74, 6) is 0.818. The summed E-state index contributed by atoms with van der Waals surface area (Å²) in [5, 5.41) is 7.80. The molecule has 0 unspecified atom stereocenters. The van der Waals surface area contributed by atoms with E-state index in [9.17, 15) is 9.59 Å². The second-order valence-corrected chi connectivity index (χ2v) is 11.1. The summed E-state index contributed by atoms with van der Waals surface area (Å²) in [4.78, 5) is 44.3. The summed E-state index contributed by atoms with van der Waals surface area (Å²) in [6, 6.07) is 14.3. The number of anilines is 1. The Hall–Kier alpha value is -4.15. The molecule has 2 saturated heterocycles. The van der Waals surface area contributed by atoms with Crippen LogP contribution in [0.5, 0.6) is 0 Å². The quantitative estimate of drug-likeness (QED) is 0.315. The highest BCUT2D eigenvalue weighted by Gasteiger charge is 2.26. The molecule has 2 N–H and O–H groups in total. The maximum absolute atomic E-state index is 11.8. The predicted octanol–water partition coefficient (Wildman–Crippen LogP) is 4.73. The van der Waals surface area contributed by atoms with Gasteiger partial charge in [0.15, 0.2) is 0 Å². The first kappa shape index (κ1) is 26.1. The Kier molecular flexibility index (Phi) is 7.52. The van der Waals surface area contributed by atoms with Crippen LogP contribution in [0.15, 0.2) is 66.0 Å². The molecule has 0 spiro atoms. The van der Waals surface area contributed by atoms with E-state index < -0.39 is 0 Å². The van der Waals surface area contributed by atoms with E-state index in [1.54, 1.807) is 18.3 Å². The number of thioether (sulfide) groups is 1. The van der Waals surface area contributed by atoms with Crippen LogP contribution in [0.4, 0.5) is 10.7 Å². The Balaban J connectivity index is 1.04. The minimum absolute atomic E-state index is 0.350. The SMILES string of the molecule is Cc1cc(CNCC2CCN(c3nccc(C=C4SC(=O)NC4=O)n3)CC2)nc(-c2cncc3ccccc23)c1. The fourth-order valence-electron chi connectivity index (χ4n) is 5.18. The molecule has 6 rings (SSSR count). The number of amides is 2. The number of carbonyl (C=O) groups excluding carboxylic acids is 2. The maximum atomic E-state index is 11.8. The number of carbonyl (C=O) groups is 2. The molecule has 0 saturated carbocycles. The van der Waals surface area contributed by atoms with Gasteiger partial charge in [0.05, 0.1) is 22.0 Å². The monoisotopic (exact) mass is 551 g/mol. The summed E-state index contributed by atoms with van der Waals surface area (Å²) in [6.45, 7) is 5.46. The van der Waals surface area contributed by atoms with Crippen LogP contribution in [0.3, 0.4) is 0 Å². The number of fused-ring (bicyclic) bond motifs is 1. The molecule has 0 atom stereocenters. The van der Waals surface area contributed by atoms with Crippen molar-refractivity contribution in [3.05, 3.63) is 82.9 Å². The van der Waals surface area contributed by atoms with Crippen molar-refractivity contribution in [1.29, 1.82) is 0 Å². The lowest BCUT2D eigenvalue weighted by atomic mass is 9.97. The number of benzene rings is 1. The Morgan fingerprint density at radius 1 is 1.10 bits per heavy atom. The molecule has 1 aromatic carbocycles. The number of rotatable bonds is 7. The van der Waals surface area contributed by atoms with E-state index in [0.29, 0.717) is 29.0 Å². The van der Waals surface area contributed by atoms with Gasteiger partial charge in [-0.1, -0.05) is 24.3 Å². The van der Waals surface area contributed by atoms with Crippen molar-refractivity contribution >= 4 is 45.7 Å². The van der Waals surface area contributed by atoms with Gasteiger partial charge in [-0.15, -0.1) is 0 Å². The maximum Gasteiger partial charge on any atom is 0.290 e. The molecule has 5 heterocycles. The third-order valence-corrected chi connectivity index (χ3v) is 8.00. The molecule has 0 aliphatic carbocycles. The molecule has 202 valence electrons. The van der Waals surface area contributed by atoms with E-state index >= 15 is 0 Å². The summed E-state index contributed by atoms with van der Waals surface area (Å²) in [7, 11) is 0. The number of nitrogens with zero attached hydrogens (tertiary/aromatic N) is 5. The average molecular weight is 552 g/mol. The molecule has 10 heteroatoms. The van der Waals surface area contributed by atoms with Gasteiger partial charge in [0, 0.05) is 49.2 Å². The molecule has 0 radical (unpaired) electrons. The molecule has 4 aromatic rings. The number of imide groups is 1. The van der Waals surface area contributed by atoms with Gasteiger partial charge >= 0.3 is 0 Å². The van der Waals surface area contributed by atoms with E-state index in [2.05, 4.69) is 67.7 Å². The fraction of sp³-hybridized carbons (Fsp3) is 0.267. The molecule has 2 aliphatic rings. The molecular formula is C30H29N7O2S. The highest BCUT2D eigenvalue weighted by molar-refractivity contribution is 8.18. The van der Waals surface area contributed by atoms with E-state index in [1.807, 2.05) is 18.5 Å². The molecule has 3 aromatic heterocycles. The van der Waals surface area contributed by atoms with Crippen molar-refractivity contribution < 1.29 is 9.59 Å². The van der Waals surface area contributed by atoms with Crippen LogP contribution in [0.1, 0.15) is 29.8 Å². The van der Waals surface area contributed by atoms with Gasteiger partial charge in [-0.2, -0.15) is 0 Å². The molecule has 2 aliphatic heterocycles. The molecular weight excluding hydrogens is 522 g/mol. The summed E-state index contributed by atoms with van der Waals surface area (Å²) >= 11 is 0.890. The molecule has 40 heavy (non-hydrogen) atoms. The lowest BCUT2D eigenvalue weighted by Gasteiger charge is -2.32. The van der Waals surface area contributed by atoms with Crippen LogP contribution in [0, 0.1) is 12.8 Å². The van der Waals surface area contributed by atoms with Crippen LogP contribution in [-0.2, 0) is 11.3 Å². The van der Waals surface area contributed by atoms with Crippen molar-refractivity contribution in [3.63, 3.8) is 0 Å². The highest BCUT2D eigenvalue weighted by Crippen LogP contribution is 2.28. The van der Waals surface area contributed by atoms with E-state index in [0.717, 1.165) is 72.0 Å². The zero-order chi connectivity index (χ0) is 27.5. The highest BCUT2D eigenvalue weighted by atomic mass is 32.2.